The summed E-state index contributed by atoms with van der Waals surface area (Å²) in [6.07, 6.45) is 1.28. The smallest absolute Gasteiger partial charge is 0.289 e. The van der Waals surface area contributed by atoms with E-state index in [9.17, 15) is 23.6 Å². The van der Waals surface area contributed by atoms with E-state index in [-0.39, 0.29) is 22.0 Å². The minimum atomic E-state index is -4.17. The highest BCUT2D eigenvalue weighted by molar-refractivity contribution is 7.90. The molecular weight excluding hydrogens is 384 g/mol. The van der Waals surface area contributed by atoms with Crippen LogP contribution in [0.25, 0.3) is 10.9 Å². The summed E-state index contributed by atoms with van der Waals surface area (Å²) in [5.41, 5.74) is 0.171. The Kier molecular flexibility index (Phi) is 4.61. The zero-order chi connectivity index (χ0) is 19.1. The van der Waals surface area contributed by atoms with Gasteiger partial charge in [0.05, 0.1) is 29.1 Å². The van der Waals surface area contributed by atoms with Gasteiger partial charge in [0, 0.05) is 29.3 Å². The topological polar surface area (TPSA) is 112 Å². The number of ether oxygens (including phenoxy) is 1. The summed E-state index contributed by atoms with van der Waals surface area (Å²) in [6, 6.07) is 8.04. The highest BCUT2D eigenvalue weighted by Crippen LogP contribution is 2.32. The van der Waals surface area contributed by atoms with Crippen molar-refractivity contribution in [3.63, 3.8) is 0 Å². The van der Waals surface area contributed by atoms with Crippen LogP contribution in [0, 0.1) is 10.1 Å². The number of hydrogen-bond donors (Lipinski definition) is 1. The normalized spacial score (nSPS) is 11.7. The van der Waals surface area contributed by atoms with E-state index in [4.69, 9.17) is 16.3 Å². The number of nitro groups is 1. The maximum absolute atomic E-state index is 13.0. The molecule has 0 radical (unpaired) electrons. The molecular formula is C16H13ClN2O6S. The van der Waals surface area contributed by atoms with E-state index in [0.717, 1.165) is 16.1 Å². The average molecular weight is 397 g/mol. The maximum Gasteiger partial charge on any atom is 0.289 e. The number of halogens is 1. The fourth-order valence-electron chi connectivity index (χ4n) is 2.60. The molecule has 0 aliphatic rings. The van der Waals surface area contributed by atoms with Gasteiger partial charge in [0.1, 0.15) is 10.8 Å². The largest absolute Gasteiger partial charge is 0.497 e. The van der Waals surface area contributed by atoms with Crippen molar-refractivity contribution in [2.75, 3.05) is 7.11 Å². The van der Waals surface area contributed by atoms with E-state index < -0.39 is 20.6 Å². The highest BCUT2D eigenvalue weighted by Gasteiger charge is 2.25. The number of rotatable bonds is 5. The van der Waals surface area contributed by atoms with E-state index in [1.54, 1.807) is 12.1 Å². The van der Waals surface area contributed by atoms with Crippen molar-refractivity contribution in [3.05, 3.63) is 63.3 Å². The maximum atomic E-state index is 13.0. The molecule has 0 saturated carbocycles. The van der Waals surface area contributed by atoms with Crippen LogP contribution in [-0.4, -0.2) is 29.5 Å². The number of methoxy groups -OCH3 is 1. The zero-order valence-electron chi connectivity index (χ0n) is 13.4. The van der Waals surface area contributed by atoms with E-state index in [1.165, 1.54) is 25.4 Å². The molecule has 0 unspecified atom stereocenters. The van der Waals surface area contributed by atoms with Crippen LogP contribution in [0.4, 0.5) is 5.69 Å². The molecule has 0 aliphatic carbocycles. The van der Waals surface area contributed by atoms with Gasteiger partial charge in [-0.3, -0.25) is 10.1 Å². The van der Waals surface area contributed by atoms with Crippen molar-refractivity contribution in [1.29, 1.82) is 0 Å². The number of fused-ring (bicyclic) bond motifs is 1. The second-order valence-corrected chi connectivity index (χ2v) is 7.59. The summed E-state index contributed by atoms with van der Waals surface area (Å²) in [7, 11) is -2.72. The summed E-state index contributed by atoms with van der Waals surface area (Å²) >= 11 is 5.76. The molecule has 0 atom stereocenters. The Morgan fingerprint density at radius 3 is 2.62 bits per heavy atom. The second-order valence-electron chi connectivity index (χ2n) is 5.37. The van der Waals surface area contributed by atoms with E-state index >= 15 is 0 Å². The molecule has 2 aromatic carbocycles. The number of nitro benzene ring substituents is 1. The van der Waals surface area contributed by atoms with Crippen molar-refractivity contribution in [2.24, 2.45) is 0 Å². The van der Waals surface area contributed by atoms with Gasteiger partial charge in [-0.05, 0) is 24.3 Å². The number of aliphatic hydroxyl groups excluding tert-OH is 1. The van der Waals surface area contributed by atoms with Gasteiger partial charge in [0.15, 0.2) is 0 Å². The van der Waals surface area contributed by atoms with Gasteiger partial charge in [0.2, 0.25) is 0 Å². The lowest BCUT2D eigenvalue weighted by atomic mass is 10.2. The van der Waals surface area contributed by atoms with Crippen LogP contribution in [0.5, 0.6) is 5.75 Å². The molecule has 0 bridgehead atoms. The number of aromatic nitrogens is 1. The standard InChI is InChI=1S/C16H13ClN2O6S/c1-25-11-2-4-13-10(9-20)8-18(15(13)6-11)26(23,24)12-3-5-14(17)16(7-12)19(21)22/h2-8,20H,9H2,1H3. The number of nitrogens with zero attached hydrogens (tertiary/aromatic N) is 2. The minimum absolute atomic E-state index is 0.163. The van der Waals surface area contributed by atoms with Gasteiger partial charge >= 0.3 is 0 Å². The van der Waals surface area contributed by atoms with E-state index in [1.807, 2.05) is 0 Å². The third kappa shape index (κ3) is 2.90. The Balaban J connectivity index is 2.28. The van der Waals surface area contributed by atoms with Crippen molar-refractivity contribution in [2.45, 2.75) is 11.5 Å². The summed E-state index contributed by atoms with van der Waals surface area (Å²) in [5, 5.41) is 20.9. The Morgan fingerprint density at radius 2 is 2.00 bits per heavy atom. The minimum Gasteiger partial charge on any atom is -0.497 e. The summed E-state index contributed by atoms with van der Waals surface area (Å²) in [5.74, 6) is 0.429. The van der Waals surface area contributed by atoms with Gasteiger partial charge in [-0.1, -0.05) is 11.6 Å². The van der Waals surface area contributed by atoms with Crippen molar-refractivity contribution < 1.29 is 23.2 Å². The van der Waals surface area contributed by atoms with Gasteiger partial charge < -0.3 is 9.84 Å². The monoisotopic (exact) mass is 396 g/mol. The number of benzene rings is 2. The molecule has 1 heterocycles. The molecule has 10 heteroatoms. The van der Waals surface area contributed by atoms with Crippen LogP contribution in [-0.2, 0) is 16.6 Å². The lowest BCUT2D eigenvalue weighted by Gasteiger charge is -2.09. The third-order valence-corrected chi connectivity index (χ3v) is 5.89. The molecule has 26 heavy (non-hydrogen) atoms. The van der Waals surface area contributed by atoms with Crippen molar-refractivity contribution in [1.82, 2.24) is 3.97 Å². The average Bonchev–Trinajstić information content (AvgIpc) is 3.00. The van der Waals surface area contributed by atoms with Gasteiger partial charge in [0.25, 0.3) is 15.7 Å². The van der Waals surface area contributed by atoms with Crippen LogP contribution < -0.4 is 4.74 Å². The second kappa shape index (κ2) is 6.60. The Hall–Kier alpha value is -2.62. The van der Waals surface area contributed by atoms with Crippen molar-refractivity contribution >= 4 is 38.2 Å². The lowest BCUT2D eigenvalue weighted by Crippen LogP contribution is -2.12. The van der Waals surface area contributed by atoms with Gasteiger partial charge in [-0.15, -0.1) is 0 Å². The Bertz CT molecular complexity index is 1120. The summed E-state index contributed by atoms with van der Waals surface area (Å²) in [4.78, 5) is 10.0. The fraction of sp³-hybridized carbons (Fsp3) is 0.125. The SMILES string of the molecule is COc1ccc2c(CO)cn(S(=O)(=O)c3ccc(Cl)c([N+](=O)[O-])c3)c2c1. The first-order valence-electron chi connectivity index (χ1n) is 7.28. The molecule has 0 aliphatic heterocycles. The Labute approximate surface area is 153 Å². The predicted octanol–water partition coefficient (Wildman–Crippen LogP) is 2.94. The molecule has 8 nitrogen and oxygen atoms in total. The van der Waals surface area contributed by atoms with Crippen LogP contribution in [0.15, 0.2) is 47.5 Å². The molecule has 3 rings (SSSR count). The first-order chi connectivity index (χ1) is 12.3. The molecule has 136 valence electrons. The van der Waals surface area contributed by atoms with E-state index in [2.05, 4.69) is 0 Å². The van der Waals surface area contributed by atoms with Crippen LogP contribution >= 0.6 is 11.6 Å². The Morgan fingerprint density at radius 1 is 1.27 bits per heavy atom. The van der Waals surface area contributed by atoms with Crippen LogP contribution in [0.1, 0.15) is 5.56 Å². The van der Waals surface area contributed by atoms with E-state index in [0.29, 0.717) is 16.7 Å². The highest BCUT2D eigenvalue weighted by atomic mass is 35.5. The zero-order valence-corrected chi connectivity index (χ0v) is 15.0. The number of hydrogen-bond acceptors (Lipinski definition) is 6. The van der Waals surface area contributed by atoms with Crippen LogP contribution in [0.2, 0.25) is 5.02 Å². The molecule has 3 aromatic rings. The summed E-state index contributed by atoms with van der Waals surface area (Å²) in [6.45, 7) is -0.369. The van der Waals surface area contributed by atoms with Gasteiger partial charge in [-0.2, -0.15) is 0 Å². The third-order valence-electron chi connectivity index (χ3n) is 3.90. The predicted molar refractivity (Wildman–Crippen MR) is 95.1 cm³/mol. The van der Waals surface area contributed by atoms with Crippen molar-refractivity contribution in [3.8, 4) is 5.75 Å². The van der Waals surface area contributed by atoms with Crippen LogP contribution in [0.3, 0.4) is 0 Å². The van der Waals surface area contributed by atoms with Gasteiger partial charge in [-0.25, -0.2) is 12.4 Å². The molecule has 1 aromatic heterocycles. The number of aliphatic hydroxyl groups is 1. The summed E-state index contributed by atoms with van der Waals surface area (Å²) < 4.78 is 32.2. The molecule has 0 amide bonds. The molecule has 0 fully saturated rings. The quantitative estimate of drug-likeness (QED) is 0.524. The first kappa shape index (κ1) is 18.2. The first-order valence-corrected chi connectivity index (χ1v) is 9.09. The fourth-order valence-corrected chi connectivity index (χ4v) is 4.19. The molecule has 1 N–H and O–H groups in total. The molecule has 0 spiro atoms. The lowest BCUT2D eigenvalue weighted by molar-refractivity contribution is -0.384. The molecule has 0 saturated heterocycles.